The van der Waals surface area contributed by atoms with Crippen LogP contribution in [0.2, 0.25) is 0 Å². The van der Waals surface area contributed by atoms with E-state index in [9.17, 15) is 0 Å². The molecule has 1 N–H and O–H groups in total. The third-order valence-corrected chi connectivity index (χ3v) is 4.32. The van der Waals surface area contributed by atoms with Crippen LogP contribution in [-0.4, -0.2) is 22.3 Å². The number of para-hydroxylation sites is 2. The van der Waals surface area contributed by atoms with E-state index in [-0.39, 0.29) is 0 Å². The Morgan fingerprint density at radius 2 is 2.00 bits per heavy atom. The number of nitrogens with one attached hydrogen (secondary N) is 1. The van der Waals surface area contributed by atoms with Gasteiger partial charge in [0.15, 0.2) is 5.16 Å². The van der Waals surface area contributed by atoms with Gasteiger partial charge in [-0.25, -0.2) is 4.98 Å². The molecule has 3 aromatic rings. The number of rotatable bonds is 6. The molecular weight excluding hydrogens is 292 g/mol. The highest BCUT2D eigenvalue weighted by Crippen LogP contribution is 2.22. The van der Waals surface area contributed by atoms with Crippen LogP contribution in [0.5, 0.6) is 5.75 Å². The first-order chi connectivity index (χ1) is 10.7. The summed E-state index contributed by atoms with van der Waals surface area (Å²) in [7, 11) is 0. The minimum Gasteiger partial charge on any atom is -0.493 e. The van der Waals surface area contributed by atoms with Crippen molar-refractivity contribution in [1.29, 1.82) is 0 Å². The number of aromatic amines is 1. The zero-order chi connectivity index (χ0) is 15.4. The number of hydrogen-bond acceptors (Lipinski definition) is 3. The average Bonchev–Trinajstić information content (AvgIpc) is 2.94. The molecule has 0 amide bonds. The zero-order valence-corrected chi connectivity index (χ0v) is 13.7. The van der Waals surface area contributed by atoms with E-state index in [1.807, 2.05) is 30.3 Å². The first-order valence-corrected chi connectivity index (χ1v) is 8.51. The van der Waals surface area contributed by atoms with Crippen LogP contribution < -0.4 is 4.74 Å². The molecule has 1 heterocycles. The van der Waals surface area contributed by atoms with Gasteiger partial charge >= 0.3 is 0 Å². The SMILES string of the molecule is CC(C)c1cccc(OCCSc2nc3ccccc3[nH]2)c1. The molecule has 0 saturated heterocycles. The Hall–Kier alpha value is -1.94. The highest BCUT2D eigenvalue weighted by molar-refractivity contribution is 7.99. The van der Waals surface area contributed by atoms with Gasteiger partial charge in [0, 0.05) is 5.75 Å². The van der Waals surface area contributed by atoms with Gasteiger partial charge in [-0.1, -0.05) is 49.9 Å². The van der Waals surface area contributed by atoms with E-state index in [0.717, 1.165) is 27.7 Å². The fourth-order valence-electron chi connectivity index (χ4n) is 2.26. The molecule has 0 fully saturated rings. The van der Waals surface area contributed by atoms with Crippen molar-refractivity contribution in [3.63, 3.8) is 0 Å². The van der Waals surface area contributed by atoms with Crippen molar-refractivity contribution in [2.24, 2.45) is 0 Å². The number of benzene rings is 2. The van der Waals surface area contributed by atoms with Gasteiger partial charge in [0.2, 0.25) is 0 Å². The standard InChI is InChI=1S/C18H20N2OS/c1-13(2)14-6-5-7-15(12-14)21-10-11-22-18-19-16-8-3-4-9-17(16)20-18/h3-9,12-13H,10-11H2,1-2H3,(H,19,20). The summed E-state index contributed by atoms with van der Waals surface area (Å²) in [6, 6.07) is 16.4. The van der Waals surface area contributed by atoms with Crippen LogP contribution in [0, 0.1) is 0 Å². The van der Waals surface area contributed by atoms with E-state index in [2.05, 4.69) is 42.0 Å². The van der Waals surface area contributed by atoms with Crippen LogP contribution >= 0.6 is 11.8 Å². The minimum absolute atomic E-state index is 0.522. The van der Waals surface area contributed by atoms with E-state index in [0.29, 0.717) is 12.5 Å². The van der Waals surface area contributed by atoms with Crippen molar-refractivity contribution in [2.45, 2.75) is 24.9 Å². The van der Waals surface area contributed by atoms with E-state index >= 15 is 0 Å². The molecule has 22 heavy (non-hydrogen) atoms. The maximum Gasteiger partial charge on any atom is 0.166 e. The summed E-state index contributed by atoms with van der Waals surface area (Å²) in [5, 5.41) is 0.945. The molecule has 0 saturated carbocycles. The number of imidazole rings is 1. The largest absolute Gasteiger partial charge is 0.493 e. The van der Waals surface area contributed by atoms with E-state index < -0.39 is 0 Å². The number of hydrogen-bond donors (Lipinski definition) is 1. The molecule has 2 aromatic carbocycles. The molecule has 0 unspecified atom stereocenters. The number of ether oxygens (including phenoxy) is 1. The van der Waals surface area contributed by atoms with Crippen molar-refractivity contribution < 1.29 is 4.74 Å². The highest BCUT2D eigenvalue weighted by Gasteiger charge is 2.04. The Morgan fingerprint density at radius 3 is 2.82 bits per heavy atom. The molecule has 3 nitrogen and oxygen atoms in total. The molecule has 0 bridgehead atoms. The van der Waals surface area contributed by atoms with Crippen LogP contribution in [0.3, 0.4) is 0 Å². The predicted octanol–water partition coefficient (Wildman–Crippen LogP) is 4.86. The molecule has 4 heteroatoms. The van der Waals surface area contributed by atoms with Gasteiger partial charge in [-0.3, -0.25) is 0 Å². The van der Waals surface area contributed by atoms with Crippen LogP contribution in [-0.2, 0) is 0 Å². The van der Waals surface area contributed by atoms with E-state index in [1.165, 1.54) is 5.56 Å². The molecular formula is C18H20N2OS. The highest BCUT2D eigenvalue weighted by atomic mass is 32.2. The zero-order valence-electron chi connectivity index (χ0n) is 12.9. The smallest absolute Gasteiger partial charge is 0.166 e. The summed E-state index contributed by atoms with van der Waals surface area (Å²) < 4.78 is 5.83. The summed E-state index contributed by atoms with van der Waals surface area (Å²) in [6.45, 7) is 5.05. The van der Waals surface area contributed by atoms with Gasteiger partial charge < -0.3 is 9.72 Å². The van der Waals surface area contributed by atoms with Crippen LogP contribution in [0.15, 0.2) is 53.7 Å². The number of H-pyrrole nitrogens is 1. The fourth-order valence-corrected chi connectivity index (χ4v) is 2.96. The lowest BCUT2D eigenvalue weighted by molar-refractivity contribution is 0.343. The third-order valence-electron chi connectivity index (χ3n) is 3.48. The Bertz CT molecular complexity index is 718. The second kappa shape index (κ2) is 6.88. The average molecular weight is 312 g/mol. The molecule has 0 aliphatic carbocycles. The third kappa shape index (κ3) is 3.63. The summed E-state index contributed by atoms with van der Waals surface area (Å²) in [4.78, 5) is 7.86. The van der Waals surface area contributed by atoms with E-state index in [4.69, 9.17) is 4.74 Å². The van der Waals surface area contributed by atoms with Crippen LogP contribution in [0.4, 0.5) is 0 Å². The van der Waals surface area contributed by atoms with Gasteiger partial charge in [-0.05, 0) is 35.7 Å². The molecule has 0 spiro atoms. The van der Waals surface area contributed by atoms with Gasteiger partial charge in [-0.15, -0.1) is 0 Å². The number of nitrogens with zero attached hydrogens (tertiary/aromatic N) is 1. The predicted molar refractivity (Wildman–Crippen MR) is 92.8 cm³/mol. The lowest BCUT2D eigenvalue weighted by Gasteiger charge is -2.09. The molecule has 0 aliphatic rings. The van der Waals surface area contributed by atoms with Crippen molar-refractivity contribution in [3.8, 4) is 5.75 Å². The van der Waals surface area contributed by atoms with Gasteiger partial charge in [0.1, 0.15) is 5.75 Å². The summed E-state index contributed by atoms with van der Waals surface area (Å²) in [5.74, 6) is 2.33. The van der Waals surface area contributed by atoms with Crippen molar-refractivity contribution in [1.82, 2.24) is 9.97 Å². The Morgan fingerprint density at radius 1 is 1.14 bits per heavy atom. The van der Waals surface area contributed by atoms with Gasteiger partial charge in [0.25, 0.3) is 0 Å². The van der Waals surface area contributed by atoms with Gasteiger partial charge in [0.05, 0.1) is 17.6 Å². The van der Waals surface area contributed by atoms with Crippen molar-refractivity contribution >= 4 is 22.8 Å². The number of thioether (sulfide) groups is 1. The fraction of sp³-hybridized carbons (Fsp3) is 0.278. The maximum atomic E-state index is 5.83. The maximum absolute atomic E-state index is 5.83. The Labute approximate surface area is 135 Å². The van der Waals surface area contributed by atoms with E-state index in [1.54, 1.807) is 11.8 Å². The molecule has 1 aromatic heterocycles. The molecule has 3 rings (SSSR count). The van der Waals surface area contributed by atoms with Crippen molar-refractivity contribution in [2.75, 3.05) is 12.4 Å². The number of fused-ring (bicyclic) bond motifs is 1. The first-order valence-electron chi connectivity index (χ1n) is 7.52. The normalized spacial score (nSPS) is 11.2. The monoisotopic (exact) mass is 312 g/mol. The molecule has 0 aliphatic heterocycles. The summed E-state index contributed by atoms with van der Waals surface area (Å²) in [6.07, 6.45) is 0. The second-order valence-electron chi connectivity index (χ2n) is 5.48. The summed E-state index contributed by atoms with van der Waals surface area (Å²) >= 11 is 1.68. The minimum atomic E-state index is 0.522. The Balaban J connectivity index is 1.52. The van der Waals surface area contributed by atoms with Crippen molar-refractivity contribution in [3.05, 3.63) is 54.1 Å². The lowest BCUT2D eigenvalue weighted by atomic mass is 10.0. The quantitative estimate of drug-likeness (QED) is 0.522. The van der Waals surface area contributed by atoms with Crippen LogP contribution in [0.25, 0.3) is 11.0 Å². The lowest BCUT2D eigenvalue weighted by Crippen LogP contribution is -2.01. The summed E-state index contributed by atoms with van der Waals surface area (Å²) in [5.41, 5.74) is 3.40. The van der Waals surface area contributed by atoms with Gasteiger partial charge in [-0.2, -0.15) is 0 Å². The number of aromatic nitrogens is 2. The molecule has 0 atom stereocenters. The Kier molecular flexibility index (Phi) is 4.68. The van der Waals surface area contributed by atoms with Crippen LogP contribution in [0.1, 0.15) is 25.3 Å². The topological polar surface area (TPSA) is 37.9 Å². The molecule has 0 radical (unpaired) electrons. The molecule has 114 valence electrons. The first kappa shape index (κ1) is 15.0. The second-order valence-corrected chi connectivity index (χ2v) is 6.57.